The zero-order chi connectivity index (χ0) is 21.8. The fourth-order valence-electron chi connectivity index (χ4n) is 3.08. The highest BCUT2D eigenvalue weighted by Crippen LogP contribution is 2.18. The number of imidazole rings is 1. The van der Waals surface area contributed by atoms with Crippen LogP contribution in [0.2, 0.25) is 0 Å². The van der Waals surface area contributed by atoms with Crippen molar-refractivity contribution in [1.82, 2.24) is 19.1 Å². The summed E-state index contributed by atoms with van der Waals surface area (Å²) in [6.45, 7) is 4.20. The highest BCUT2D eigenvalue weighted by atomic mass is 32.1. The summed E-state index contributed by atoms with van der Waals surface area (Å²) in [6, 6.07) is 3.62. The first-order chi connectivity index (χ1) is 14.3. The number of ether oxygens (including phenoxy) is 1. The van der Waals surface area contributed by atoms with Gasteiger partial charge in [-0.05, 0) is 25.5 Å². The molecule has 3 rings (SSSR count). The number of esters is 1. The molecule has 3 aromatic heterocycles. The highest BCUT2D eigenvalue weighted by molar-refractivity contribution is 7.14. The fraction of sp³-hybridized carbons (Fsp3) is 0.450. The van der Waals surface area contributed by atoms with Gasteiger partial charge in [-0.15, -0.1) is 11.3 Å². The van der Waals surface area contributed by atoms with Gasteiger partial charge in [-0.3, -0.25) is 23.9 Å². The number of aromatic amines is 1. The van der Waals surface area contributed by atoms with Crippen molar-refractivity contribution in [2.45, 2.75) is 52.7 Å². The molecule has 3 aromatic rings. The van der Waals surface area contributed by atoms with E-state index in [2.05, 4.69) is 9.97 Å². The first-order valence-corrected chi connectivity index (χ1v) is 10.6. The highest BCUT2D eigenvalue weighted by Gasteiger charge is 2.18. The van der Waals surface area contributed by atoms with Crippen molar-refractivity contribution < 1.29 is 14.3 Å². The third kappa shape index (κ3) is 4.59. The molecule has 0 fully saturated rings. The van der Waals surface area contributed by atoms with Crippen LogP contribution in [-0.4, -0.2) is 30.9 Å². The van der Waals surface area contributed by atoms with E-state index in [0.29, 0.717) is 17.2 Å². The summed E-state index contributed by atoms with van der Waals surface area (Å²) in [4.78, 5) is 56.9. The lowest BCUT2D eigenvalue weighted by molar-refractivity contribution is -0.145. The zero-order valence-electron chi connectivity index (χ0n) is 17.2. The van der Waals surface area contributed by atoms with E-state index in [4.69, 9.17) is 4.74 Å². The van der Waals surface area contributed by atoms with E-state index in [9.17, 15) is 19.2 Å². The van der Waals surface area contributed by atoms with E-state index < -0.39 is 17.2 Å². The normalized spacial score (nSPS) is 11.2. The number of carbonyl (C=O) groups excluding carboxylic acids is 2. The van der Waals surface area contributed by atoms with Crippen molar-refractivity contribution in [3.8, 4) is 0 Å². The van der Waals surface area contributed by atoms with Gasteiger partial charge in [-0.1, -0.05) is 13.3 Å². The van der Waals surface area contributed by atoms with E-state index in [1.165, 1.54) is 20.5 Å². The van der Waals surface area contributed by atoms with Crippen molar-refractivity contribution in [3.63, 3.8) is 0 Å². The number of H-pyrrole nitrogens is 1. The smallest absolute Gasteiger partial charge is 0.330 e. The lowest BCUT2D eigenvalue weighted by Gasteiger charge is -2.05. The predicted molar refractivity (Wildman–Crippen MR) is 113 cm³/mol. The number of aromatic nitrogens is 4. The standard InChI is InChI=1S/C20H24N4O5S/c1-4-5-10-24-18-17(19(27)22-20(24)28)23(3)15(21-18)11-29-16(26)9-7-13(25)14-8-6-12(2)30-14/h6,8H,4-5,7,9-11H2,1-3H3,(H,22,27,28). The van der Waals surface area contributed by atoms with E-state index in [-0.39, 0.29) is 36.4 Å². The molecular formula is C20H24N4O5S. The molecule has 9 nitrogen and oxygen atoms in total. The predicted octanol–water partition coefficient (Wildman–Crippen LogP) is 2.30. The van der Waals surface area contributed by atoms with Crippen LogP contribution in [0.3, 0.4) is 0 Å². The van der Waals surface area contributed by atoms with Gasteiger partial charge in [-0.2, -0.15) is 0 Å². The molecule has 0 spiro atoms. The summed E-state index contributed by atoms with van der Waals surface area (Å²) < 4.78 is 8.19. The van der Waals surface area contributed by atoms with Crippen LogP contribution in [0, 0.1) is 6.92 Å². The molecule has 0 saturated heterocycles. The molecule has 0 radical (unpaired) electrons. The molecule has 0 unspecified atom stereocenters. The van der Waals surface area contributed by atoms with Crippen LogP contribution < -0.4 is 11.2 Å². The maximum absolute atomic E-state index is 12.2. The summed E-state index contributed by atoms with van der Waals surface area (Å²) in [5.74, 6) is -0.278. The Labute approximate surface area is 176 Å². The zero-order valence-corrected chi connectivity index (χ0v) is 18.0. The first kappa shape index (κ1) is 21.7. The van der Waals surface area contributed by atoms with Gasteiger partial charge in [0.2, 0.25) is 0 Å². The molecule has 160 valence electrons. The van der Waals surface area contributed by atoms with Gasteiger partial charge in [0.25, 0.3) is 5.56 Å². The van der Waals surface area contributed by atoms with Crippen molar-refractivity contribution in [2.24, 2.45) is 7.05 Å². The maximum atomic E-state index is 12.2. The van der Waals surface area contributed by atoms with Crippen LogP contribution in [0.15, 0.2) is 21.7 Å². The Morgan fingerprint density at radius 2 is 2.00 bits per heavy atom. The van der Waals surface area contributed by atoms with Gasteiger partial charge in [-0.25, -0.2) is 9.78 Å². The number of hydrogen-bond acceptors (Lipinski definition) is 7. The first-order valence-electron chi connectivity index (χ1n) is 9.75. The molecule has 0 aliphatic rings. The number of unbranched alkanes of at least 4 members (excludes halogenated alkanes) is 1. The number of Topliss-reactive ketones (excluding diaryl/α,β-unsaturated/α-hetero) is 1. The summed E-state index contributed by atoms with van der Waals surface area (Å²) in [5.41, 5.74) is -0.522. The molecule has 0 aliphatic heterocycles. The van der Waals surface area contributed by atoms with E-state index in [1.54, 1.807) is 13.1 Å². The fourth-order valence-corrected chi connectivity index (χ4v) is 3.92. The van der Waals surface area contributed by atoms with E-state index in [1.807, 2.05) is 19.9 Å². The van der Waals surface area contributed by atoms with Gasteiger partial charge in [0, 0.05) is 24.9 Å². The second-order valence-electron chi connectivity index (χ2n) is 7.02. The van der Waals surface area contributed by atoms with Crippen LogP contribution in [0.1, 0.15) is 53.0 Å². The molecule has 0 atom stereocenters. The molecule has 0 amide bonds. The monoisotopic (exact) mass is 432 g/mol. The Morgan fingerprint density at radius 1 is 1.23 bits per heavy atom. The lowest BCUT2D eigenvalue weighted by atomic mass is 10.2. The number of carbonyl (C=O) groups is 2. The SMILES string of the molecule is CCCCn1c(=O)[nH]c(=O)c2c1nc(COC(=O)CCC(=O)c1ccc(C)s1)n2C. The third-order valence-electron chi connectivity index (χ3n) is 4.77. The molecule has 0 bridgehead atoms. The topological polar surface area (TPSA) is 116 Å². The maximum Gasteiger partial charge on any atom is 0.330 e. The van der Waals surface area contributed by atoms with Crippen molar-refractivity contribution in [2.75, 3.05) is 0 Å². The summed E-state index contributed by atoms with van der Waals surface area (Å²) in [5, 5.41) is 0. The molecule has 0 aromatic carbocycles. The Morgan fingerprint density at radius 3 is 2.67 bits per heavy atom. The molecule has 1 N–H and O–H groups in total. The number of rotatable bonds is 9. The van der Waals surface area contributed by atoms with Crippen LogP contribution in [0.5, 0.6) is 0 Å². The Kier molecular flexibility index (Phi) is 6.66. The van der Waals surface area contributed by atoms with Crippen LogP contribution >= 0.6 is 11.3 Å². The minimum atomic E-state index is -0.535. The molecular weight excluding hydrogens is 408 g/mol. The molecule has 0 saturated carbocycles. The Balaban J connectivity index is 1.70. The molecule has 3 heterocycles. The number of aryl methyl sites for hydroxylation is 3. The number of hydrogen-bond donors (Lipinski definition) is 1. The number of nitrogens with one attached hydrogen (secondary N) is 1. The van der Waals surface area contributed by atoms with Crippen molar-refractivity contribution >= 4 is 34.3 Å². The summed E-state index contributed by atoms with van der Waals surface area (Å²) >= 11 is 1.40. The van der Waals surface area contributed by atoms with Gasteiger partial charge in [0.1, 0.15) is 12.4 Å². The number of ketones is 1. The molecule has 30 heavy (non-hydrogen) atoms. The second kappa shape index (κ2) is 9.21. The van der Waals surface area contributed by atoms with Crippen molar-refractivity contribution in [3.05, 3.63) is 48.5 Å². The largest absolute Gasteiger partial charge is 0.457 e. The average molecular weight is 433 g/mol. The Bertz CT molecular complexity index is 1200. The van der Waals surface area contributed by atoms with Crippen LogP contribution in [0.4, 0.5) is 0 Å². The number of fused-ring (bicyclic) bond motifs is 1. The summed E-state index contributed by atoms with van der Waals surface area (Å²) in [6.07, 6.45) is 1.67. The van der Waals surface area contributed by atoms with Crippen LogP contribution in [0.25, 0.3) is 11.2 Å². The van der Waals surface area contributed by atoms with Crippen molar-refractivity contribution in [1.29, 1.82) is 0 Å². The molecule has 10 heteroatoms. The lowest BCUT2D eigenvalue weighted by Crippen LogP contribution is -2.31. The number of nitrogens with zero attached hydrogens (tertiary/aromatic N) is 3. The van der Waals surface area contributed by atoms with E-state index in [0.717, 1.165) is 17.7 Å². The Hall–Kier alpha value is -3.01. The minimum absolute atomic E-state index is 0.0402. The third-order valence-corrected chi connectivity index (χ3v) is 5.82. The molecule has 0 aliphatic carbocycles. The minimum Gasteiger partial charge on any atom is -0.457 e. The van der Waals surface area contributed by atoms with Crippen LogP contribution in [-0.2, 0) is 29.7 Å². The number of thiophene rings is 1. The second-order valence-corrected chi connectivity index (χ2v) is 8.31. The summed E-state index contributed by atoms with van der Waals surface area (Å²) in [7, 11) is 1.63. The van der Waals surface area contributed by atoms with Gasteiger partial charge in [0.05, 0.1) is 11.3 Å². The van der Waals surface area contributed by atoms with E-state index >= 15 is 0 Å². The van der Waals surface area contributed by atoms with Gasteiger partial charge < -0.3 is 9.30 Å². The average Bonchev–Trinajstić information content (AvgIpc) is 3.28. The van der Waals surface area contributed by atoms with Gasteiger partial charge >= 0.3 is 11.7 Å². The van der Waals surface area contributed by atoms with Gasteiger partial charge in [0.15, 0.2) is 16.9 Å². The quantitative estimate of drug-likeness (QED) is 0.410.